The molecule has 1 aromatic heterocycles. The molecule has 1 aromatic carbocycles. The molecule has 0 bridgehead atoms. The number of ketones is 1. The van der Waals surface area contributed by atoms with Gasteiger partial charge in [0.1, 0.15) is 5.76 Å². The molecule has 0 spiro atoms. The minimum absolute atomic E-state index is 0.0660. The molecule has 1 unspecified atom stereocenters. The van der Waals surface area contributed by atoms with Gasteiger partial charge < -0.3 is 4.42 Å². The zero-order valence-electron chi connectivity index (χ0n) is 14.8. The molecule has 134 valence electrons. The van der Waals surface area contributed by atoms with Crippen LogP contribution in [0.2, 0.25) is 5.02 Å². The van der Waals surface area contributed by atoms with Crippen LogP contribution in [-0.4, -0.2) is 11.7 Å². The Kier molecular flexibility index (Phi) is 4.03. The second-order valence-electron chi connectivity index (χ2n) is 7.75. The molecule has 1 aliphatic carbocycles. The van der Waals surface area contributed by atoms with Gasteiger partial charge in [0, 0.05) is 24.1 Å². The van der Waals surface area contributed by atoms with Crippen molar-refractivity contribution in [2.75, 3.05) is 4.90 Å². The number of para-hydroxylation sites is 1. The standard InChI is InChI=1S/C21H20ClNO3/c1-21(2)11-16-20(17(24)12-21)13(18-8-5-9-26-18)10-19(25)23(16)15-7-4-3-6-14(15)22/h3-9,13H,10-12H2,1-2H3. The van der Waals surface area contributed by atoms with Crippen LogP contribution in [0.3, 0.4) is 0 Å². The Balaban J connectivity index is 1.92. The summed E-state index contributed by atoms with van der Waals surface area (Å²) in [6.45, 7) is 4.11. The Hall–Kier alpha value is -2.33. The van der Waals surface area contributed by atoms with E-state index >= 15 is 0 Å². The van der Waals surface area contributed by atoms with Crippen molar-refractivity contribution in [3.05, 3.63) is 64.7 Å². The fraction of sp³-hybridized carbons (Fsp3) is 0.333. The zero-order chi connectivity index (χ0) is 18.5. The fourth-order valence-electron chi connectivity index (χ4n) is 4.06. The predicted octanol–water partition coefficient (Wildman–Crippen LogP) is 5.10. The van der Waals surface area contributed by atoms with Gasteiger partial charge in [-0.3, -0.25) is 14.5 Å². The number of anilines is 1. The molecule has 0 saturated carbocycles. The van der Waals surface area contributed by atoms with E-state index in [1.165, 1.54) is 0 Å². The van der Waals surface area contributed by atoms with E-state index in [9.17, 15) is 9.59 Å². The van der Waals surface area contributed by atoms with Crippen LogP contribution < -0.4 is 4.90 Å². The molecule has 4 nitrogen and oxygen atoms in total. The average Bonchev–Trinajstić information content (AvgIpc) is 3.08. The average molecular weight is 370 g/mol. The molecule has 0 N–H and O–H groups in total. The van der Waals surface area contributed by atoms with Gasteiger partial charge in [0.25, 0.3) is 0 Å². The molecule has 0 fully saturated rings. The van der Waals surface area contributed by atoms with E-state index in [4.69, 9.17) is 16.0 Å². The van der Waals surface area contributed by atoms with Crippen molar-refractivity contribution in [1.82, 2.24) is 0 Å². The summed E-state index contributed by atoms with van der Waals surface area (Å²) in [5, 5.41) is 0.500. The van der Waals surface area contributed by atoms with Crippen molar-refractivity contribution in [2.24, 2.45) is 5.41 Å². The summed E-state index contributed by atoms with van der Waals surface area (Å²) >= 11 is 6.38. The van der Waals surface area contributed by atoms with E-state index < -0.39 is 0 Å². The molecular weight excluding hydrogens is 350 g/mol. The summed E-state index contributed by atoms with van der Waals surface area (Å²) in [6.07, 6.45) is 2.89. The SMILES string of the molecule is CC1(C)CC(=O)C2=C(C1)N(c1ccccc1Cl)C(=O)CC2c1ccco1. The number of rotatable bonds is 2. The maximum Gasteiger partial charge on any atom is 0.232 e. The van der Waals surface area contributed by atoms with E-state index in [0.29, 0.717) is 34.9 Å². The van der Waals surface area contributed by atoms with Crippen LogP contribution in [0.25, 0.3) is 0 Å². The Morgan fingerprint density at radius 1 is 1.12 bits per heavy atom. The van der Waals surface area contributed by atoms with Gasteiger partial charge in [0.15, 0.2) is 5.78 Å². The second-order valence-corrected chi connectivity index (χ2v) is 8.16. The smallest absolute Gasteiger partial charge is 0.232 e. The van der Waals surface area contributed by atoms with E-state index in [1.54, 1.807) is 23.3 Å². The Morgan fingerprint density at radius 2 is 1.88 bits per heavy atom. The molecule has 2 heterocycles. The van der Waals surface area contributed by atoms with Gasteiger partial charge in [-0.1, -0.05) is 37.6 Å². The number of allylic oxidation sites excluding steroid dienone is 2. The van der Waals surface area contributed by atoms with Crippen molar-refractivity contribution in [1.29, 1.82) is 0 Å². The number of Topliss-reactive ketones (excluding diaryl/α,β-unsaturated/α-hetero) is 1. The number of halogens is 1. The van der Waals surface area contributed by atoms with Gasteiger partial charge in [-0.15, -0.1) is 0 Å². The second kappa shape index (κ2) is 6.13. The highest BCUT2D eigenvalue weighted by atomic mass is 35.5. The summed E-state index contributed by atoms with van der Waals surface area (Å²) in [4.78, 5) is 27.8. The fourth-order valence-corrected chi connectivity index (χ4v) is 4.28. The number of carbonyl (C=O) groups excluding carboxylic acids is 2. The Labute approximate surface area is 157 Å². The van der Waals surface area contributed by atoms with Gasteiger partial charge in [0.05, 0.1) is 22.9 Å². The molecule has 2 aliphatic rings. The summed E-state index contributed by atoms with van der Waals surface area (Å²) in [5.74, 6) is 0.360. The lowest BCUT2D eigenvalue weighted by Crippen LogP contribution is -2.43. The topological polar surface area (TPSA) is 50.5 Å². The van der Waals surface area contributed by atoms with Crippen LogP contribution in [0.4, 0.5) is 5.69 Å². The number of carbonyl (C=O) groups is 2. The van der Waals surface area contributed by atoms with Crippen LogP contribution >= 0.6 is 11.6 Å². The molecule has 0 radical (unpaired) electrons. The van der Waals surface area contributed by atoms with Gasteiger partial charge >= 0.3 is 0 Å². The molecule has 0 saturated heterocycles. The monoisotopic (exact) mass is 369 g/mol. The largest absolute Gasteiger partial charge is 0.469 e. The van der Waals surface area contributed by atoms with Crippen molar-refractivity contribution in [2.45, 2.75) is 39.0 Å². The first kappa shape index (κ1) is 17.1. The first-order valence-electron chi connectivity index (χ1n) is 8.74. The van der Waals surface area contributed by atoms with E-state index in [1.807, 2.05) is 24.3 Å². The van der Waals surface area contributed by atoms with Crippen molar-refractivity contribution in [3.63, 3.8) is 0 Å². The van der Waals surface area contributed by atoms with Crippen LogP contribution in [0.15, 0.2) is 58.3 Å². The van der Waals surface area contributed by atoms with Crippen LogP contribution in [0.1, 0.15) is 44.8 Å². The summed E-state index contributed by atoms with van der Waals surface area (Å²) < 4.78 is 5.55. The highest BCUT2D eigenvalue weighted by Crippen LogP contribution is 2.48. The lowest BCUT2D eigenvalue weighted by atomic mass is 9.70. The maximum atomic E-state index is 13.1. The normalized spacial score (nSPS) is 22.6. The lowest BCUT2D eigenvalue weighted by molar-refractivity contribution is -0.121. The van der Waals surface area contributed by atoms with E-state index in [2.05, 4.69) is 13.8 Å². The number of furan rings is 1. The van der Waals surface area contributed by atoms with Gasteiger partial charge in [-0.05, 0) is 36.1 Å². The minimum atomic E-state index is -0.324. The molecule has 1 amide bonds. The summed E-state index contributed by atoms with van der Waals surface area (Å²) in [7, 11) is 0. The minimum Gasteiger partial charge on any atom is -0.469 e. The third-order valence-corrected chi connectivity index (χ3v) is 5.44. The van der Waals surface area contributed by atoms with Gasteiger partial charge in [-0.2, -0.15) is 0 Å². The molecule has 1 atom stereocenters. The highest BCUT2D eigenvalue weighted by molar-refractivity contribution is 6.34. The predicted molar refractivity (Wildman–Crippen MR) is 100 cm³/mol. The maximum absolute atomic E-state index is 13.1. The van der Waals surface area contributed by atoms with Crippen LogP contribution in [-0.2, 0) is 9.59 Å². The number of benzene rings is 1. The number of hydrogen-bond acceptors (Lipinski definition) is 3. The third kappa shape index (κ3) is 2.78. The first-order chi connectivity index (χ1) is 12.4. The van der Waals surface area contributed by atoms with Crippen molar-refractivity contribution in [3.8, 4) is 0 Å². The summed E-state index contributed by atoms with van der Waals surface area (Å²) in [6, 6.07) is 10.9. The van der Waals surface area contributed by atoms with Gasteiger partial charge in [0.2, 0.25) is 5.91 Å². The quantitative estimate of drug-likeness (QED) is 0.740. The molecular formula is C21H20ClNO3. The molecule has 5 heteroatoms. The molecule has 2 aromatic rings. The number of hydrogen-bond donors (Lipinski definition) is 0. The summed E-state index contributed by atoms with van der Waals surface area (Å²) in [5.41, 5.74) is 1.88. The van der Waals surface area contributed by atoms with Crippen LogP contribution in [0, 0.1) is 5.41 Å². The Morgan fingerprint density at radius 3 is 2.58 bits per heavy atom. The van der Waals surface area contributed by atoms with Crippen molar-refractivity contribution >= 4 is 29.0 Å². The number of nitrogens with zero attached hydrogens (tertiary/aromatic N) is 1. The van der Waals surface area contributed by atoms with Gasteiger partial charge in [-0.25, -0.2) is 0 Å². The van der Waals surface area contributed by atoms with E-state index in [-0.39, 0.29) is 29.4 Å². The highest BCUT2D eigenvalue weighted by Gasteiger charge is 2.45. The Bertz CT molecular complexity index is 911. The number of amides is 1. The van der Waals surface area contributed by atoms with Crippen LogP contribution in [0.5, 0.6) is 0 Å². The first-order valence-corrected chi connectivity index (χ1v) is 9.12. The molecule has 4 rings (SSSR count). The zero-order valence-corrected chi connectivity index (χ0v) is 15.5. The van der Waals surface area contributed by atoms with Crippen molar-refractivity contribution < 1.29 is 14.0 Å². The third-order valence-electron chi connectivity index (χ3n) is 5.12. The molecule has 26 heavy (non-hydrogen) atoms. The lowest BCUT2D eigenvalue weighted by Gasteiger charge is -2.42. The molecule has 1 aliphatic heterocycles. The van der Waals surface area contributed by atoms with E-state index in [0.717, 1.165) is 5.70 Å².